The molecule has 0 saturated carbocycles. The second kappa shape index (κ2) is 6.48. The van der Waals surface area contributed by atoms with Gasteiger partial charge in [-0.25, -0.2) is 0 Å². The van der Waals surface area contributed by atoms with E-state index in [9.17, 15) is 4.79 Å². The first-order chi connectivity index (χ1) is 9.51. The highest BCUT2D eigenvalue weighted by Crippen LogP contribution is 2.27. The summed E-state index contributed by atoms with van der Waals surface area (Å²) in [6.45, 7) is 10.8. The molecule has 1 aromatic rings. The molecular formula is C15H23N3OS. The van der Waals surface area contributed by atoms with E-state index in [1.807, 2.05) is 36.6 Å². The van der Waals surface area contributed by atoms with Crippen LogP contribution < -0.4 is 5.32 Å². The Bertz CT molecular complexity index is 482. The Hall–Kier alpha value is -1.23. The predicted molar refractivity (Wildman–Crippen MR) is 85.6 cm³/mol. The zero-order valence-corrected chi connectivity index (χ0v) is 13.5. The molecule has 2 rings (SSSR count). The molecule has 110 valence electrons. The van der Waals surface area contributed by atoms with Crippen LogP contribution in [-0.2, 0) is 0 Å². The lowest BCUT2D eigenvalue weighted by Crippen LogP contribution is -2.44. The lowest BCUT2D eigenvalue weighted by molar-refractivity contribution is 0.0754. The van der Waals surface area contributed by atoms with Crippen LogP contribution in [-0.4, -0.2) is 45.9 Å². The fourth-order valence-corrected chi connectivity index (χ4v) is 3.91. The summed E-state index contributed by atoms with van der Waals surface area (Å²) in [7, 11) is 0. The molecule has 2 heterocycles. The molecule has 0 spiro atoms. The average Bonchev–Trinajstić information content (AvgIpc) is 2.37. The highest BCUT2D eigenvalue weighted by Gasteiger charge is 2.27. The standard InChI is InChI=1S/C15H23N3OS/c1-5-16-14-6-10(2)17-7-13(14)15(19)18-8-11(3)20-12(4)9-18/h6-7,11-12H,5,8-9H2,1-4H3,(H,16,17). The molecule has 0 radical (unpaired) electrons. The van der Waals surface area contributed by atoms with E-state index in [4.69, 9.17) is 0 Å². The lowest BCUT2D eigenvalue weighted by Gasteiger charge is -2.35. The van der Waals surface area contributed by atoms with Gasteiger partial charge in [-0.1, -0.05) is 13.8 Å². The van der Waals surface area contributed by atoms with Gasteiger partial charge in [0, 0.05) is 42.0 Å². The molecule has 0 bridgehead atoms. The molecule has 4 nitrogen and oxygen atoms in total. The van der Waals surface area contributed by atoms with Gasteiger partial charge in [0.15, 0.2) is 0 Å². The van der Waals surface area contributed by atoms with Gasteiger partial charge in [-0.15, -0.1) is 0 Å². The van der Waals surface area contributed by atoms with E-state index in [1.54, 1.807) is 6.20 Å². The van der Waals surface area contributed by atoms with Crippen molar-refractivity contribution < 1.29 is 4.79 Å². The maximum absolute atomic E-state index is 12.7. The fraction of sp³-hybridized carbons (Fsp3) is 0.600. The zero-order valence-electron chi connectivity index (χ0n) is 12.6. The lowest BCUT2D eigenvalue weighted by atomic mass is 10.1. The van der Waals surface area contributed by atoms with Crippen LogP contribution in [0.25, 0.3) is 0 Å². The summed E-state index contributed by atoms with van der Waals surface area (Å²) in [6, 6.07) is 1.95. The highest BCUT2D eigenvalue weighted by atomic mass is 32.2. The summed E-state index contributed by atoms with van der Waals surface area (Å²) in [5.74, 6) is 0.0902. The number of nitrogens with zero attached hydrogens (tertiary/aromatic N) is 2. The summed E-state index contributed by atoms with van der Waals surface area (Å²) in [6.07, 6.45) is 1.70. The summed E-state index contributed by atoms with van der Waals surface area (Å²) in [4.78, 5) is 19.0. The number of hydrogen-bond donors (Lipinski definition) is 1. The molecule has 2 atom stereocenters. The summed E-state index contributed by atoms with van der Waals surface area (Å²) < 4.78 is 0. The first-order valence-electron chi connectivity index (χ1n) is 7.16. The van der Waals surface area contributed by atoms with Gasteiger partial charge in [0.1, 0.15) is 0 Å². The average molecular weight is 293 g/mol. The van der Waals surface area contributed by atoms with Crippen molar-refractivity contribution in [2.75, 3.05) is 25.0 Å². The molecule has 1 N–H and O–H groups in total. The van der Waals surface area contributed by atoms with Crippen LogP contribution in [0.4, 0.5) is 5.69 Å². The van der Waals surface area contributed by atoms with Crippen molar-refractivity contribution in [2.45, 2.75) is 38.2 Å². The van der Waals surface area contributed by atoms with E-state index < -0.39 is 0 Å². The second-order valence-corrected chi connectivity index (χ2v) is 7.25. The first-order valence-corrected chi connectivity index (χ1v) is 8.10. The van der Waals surface area contributed by atoms with E-state index >= 15 is 0 Å². The molecule has 1 amide bonds. The number of pyridine rings is 1. The normalized spacial score (nSPS) is 22.7. The predicted octanol–water partition coefficient (Wildman–Crippen LogP) is 2.79. The minimum absolute atomic E-state index is 0.0902. The van der Waals surface area contributed by atoms with Crippen molar-refractivity contribution in [3.05, 3.63) is 23.5 Å². The number of aryl methyl sites for hydroxylation is 1. The third-order valence-electron chi connectivity index (χ3n) is 3.35. The Morgan fingerprint density at radius 1 is 1.45 bits per heavy atom. The third kappa shape index (κ3) is 3.45. The van der Waals surface area contributed by atoms with Gasteiger partial charge >= 0.3 is 0 Å². The van der Waals surface area contributed by atoms with Gasteiger partial charge in [-0.2, -0.15) is 11.8 Å². The van der Waals surface area contributed by atoms with Crippen LogP contribution in [0.1, 0.15) is 36.8 Å². The van der Waals surface area contributed by atoms with E-state index in [0.29, 0.717) is 16.1 Å². The van der Waals surface area contributed by atoms with Crippen LogP contribution in [0.2, 0.25) is 0 Å². The number of carbonyl (C=O) groups is 1. The van der Waals surface area contributed by atoms with E-state index in [1.165, 1.54) is 0 Å². The number of nitrogens with one attached hydrogen (secondary N) is 1. The van der Waals surface area contributed by atoms with Gasteiger partial charge in [0.05, 0.1) is 11.3 Å². The molecule has 0 aliphatic carbocycles. The number of aromatic nitrogens is 1. The monoisotopic (exact) mass is 293 g/mol. The Balaban J connectivity index is 2.24. The zero-order chi connectivity index (χ0) is 14.7. The number of anilines is 1. The summed E-state index contributed by atoms with van der Waals surface area (Å²) in [5, 5.41) is 4.25. The maximum atomic E-state index is 12.7. The summed E-state index contributed by atoms with van der Waals surface area (Å²) in [5.41, 5.74) is 2.50. The molecule has 1 aromatic heterocycles. The molecule has 1 saturated heterocycles. The minimum atomic E-state index is 0.0902. The van der Waals surface area contributed by atoms with Gasteiger partial charge in [-0.05, 0) is 19.9 Å². The summed E-state index contributed by atoms with van der Waals surface area (Å²) >= 11 is 1.95. The van der Waals surface area contributed by atoms with Crippen molar-refractivity contribution in [3.63, 3.8) is 0 Å². The molecule has 20 heavy (non-hydrogen) atoms. The smallest absolute Gasteiger partial charge is 0.257 e. The minimum Gasteiger partial charge on any atom is -0.385 e. The number of carbonyl (C=O) groups excluding carboxylic acids is 1. The SMILES string of the molecule is CCNc1cc(C)ncc1C(=O)N1CC(C)SC(C)C1. The van der Waals surface area contributed by atoms with Crippen molar-refractivity contribution in [1.29, 1.82) is 0 Å². The van der Waals surface area contributed by atoms with Crippen molar-refractivity contribution in [2.24, 2.45) is 0 Å². The van der Waals surface area contributed by atoms with Gasteiger partial charge in [0.25, 0.3) is 5.91 Å². The Labute approximate surface area is 125 Å². The molecule has 0 aromatic carbocycles. The van der Waals surface area contributed by atoms with E-state index in [2.05, 4.69) is 24.1 Å². The van der Waals surface area contributed by atoms with E-state index in [0.717, 1.165) is 31.0 Å². The van der Waals surface area contributed by atoms with Gasteiger partial charge < -0.3 is 10.2 Å². The molecule has 1 aliphatic rings. The number of thioether (sulfide) groups is 1. The number of rotatable bonds is 3. The third-order valence-corrected chi connectivity index (χ3v) is 4.57. The van der Waals surface area contributed by atoms with Crippen molar-refractivity contribution in [3.8, 4) is 0 Å². The Kier molecular flexibility index (Phi) is 4.91. The second-order valence-electron chi connectivity index (χ2n) is 5.37. The number of hydrogen-bond acceptors (Lipinski definition) is 4. The quantitative estimate of drug-likeness (QED) is 0.931. The first kappa shape index (κ1) is 15.2. The highest BCUT2D eigenvalue weighted by molar-refractivity contribution is 8.00. The molecular weight excluding hydrogens is 270 g/mol. The van der Waals surface area contributed by atoms with Gasteiger partial charge in [-0.3, -0.25) is 9.78 Å². The number of amides is 1. The van der Waals surface area contributed by atoms with Gasteiger partial charge in [0.2, 0.25) is 0 Å². The van der Waals surface area contributed by atoms with Crippen molar-refractivity contribution >= 4 is 23.4 Å². The molecule has 5 heteroatoms. The van der Waals surface area contributed by atoms with Crippen molar-refractivity contribution in [1.82, 2.24) is 9.88 Å². The largest absolute Gasteiger partial charge is 0.385 e. The molecule has 1 fully saturated rings. The Morgan fingerprint density at radius 3 is 2.70 bits per heavy atom. The fourth-order valence-electron chi connectivity index (χ4n) is 2.58. The molecule has 1 aliphatic heterocycles. The topological polar surface area (TPSA) is 45.2 Å². The van der Waals surface area contributed by atoms with Crippen LogP contribution in [0.3, 0.4) is 0 Å². The van der Waals surface area contributed by atoms with Crippen LogP contribution >= 0.6 is 11.8 Å². The van der Waals surface area contributed by atoms with Crippen LogP contribution in [0, 0.1) is 6.92 Å². The van der Waals surface area contributed by atoms with Crippen LogP contribution in [0.5, 0.6) is 0 Å². The van der Waals surface area contributed by atoms with Crippen LogP contribution in [0.15, 0.2) is 12.3 Å². The van der Waals surface area contributed by atoms with E-state index in [-0.39, 0.29) is 5.91 Å². The Morgan fingerprint density at radius 2 is 2.10 bits per heavy atom. The molecule has 2 unspecified atom stereocenters. The maximum Gasteiger partial charge on any atom is 0.257 e.